The van der Waals surface area contributed by atoms with Gasteiger partial charge in [-0.3, -0.25) is 0 Å². The van der Waals surface area contributed by atoms with Crippen LogP contribution in [-0.4, -0.2) is 23.4 Å². The molecule has 0 bridgehead atoms. The number of anilines is 1. The fourth-order valence-corrected chi connectivity index (χ4v) is 2.57. The molecule has 0 atom stereocenters. The molecule has 0 radical (unpaired) electrons. The maximum absolute atomic E-state index is 14.4. The molecule has 0 fully saturated rings. The first-order valence-electron chi connectivity index (χ1n) is 8.72. The number of carbonyl (C=O) groups excluding carboxylic acids is 2. The zero-order chi connectivity index (χ0) is 20.4. The quantitative estimate of drug-likeness (QED) is 0.674. The molecule has 0 aliphatic carbocycles. The topological polar surface area (TPSA) is 55.8 Å². The lowest BCUT2D eigenvalue weighted by atomic mass is 9.98. The van der Waals surface area contributed by atoms with Gasteiger partial charge in [0.2, 0.25) is 0 Å². The molecule has 146 valence electrons. The van der Waals surface area contributed by atoms with Crippen LogP contribution in [0, 0.1) is 19.7 Å². The van der Waals surface area contributed by atoms with E-state index in [0.29, 0.717) is 17.5 Å². The van der Waals surface area contributed by atoms with Crippen molar-refractivity contribution in [2.75, 3.05) is 4.90 Å². The first kappa shape index (κ1) is 21.9. The molecule has 26 heavy (non-hydrogen) atoms. The summed E-state index contributed by atoms with van der Waals surface area (Å²) in [5.41, 5.74) is 0.389. The van der Waals surface area contributed by atoms with Crippen LogP contribution in [0.2, 0.25) is 0 Å². The molecule has 1 aromatic rings. The molecular formula is C20H30FNO4. The summed E-state index contributed by atoms with van der Waals surface area (Å²) in [6, 6.07) is 1.18. The first-order valence-corrected chi connectivity index (χ1v) is 8.72. The van der Waals surface area contributed by atoms with E-state index < -0.39 is 29.2 Å². The minimum absolute atomic E-state index is 0.133. The highest BCUT2D eigenvalue weighted by Gasteiger charge is 2.34. The number of benzene rings is 1. The summed E-state index contributed by atoms with van der Waals surface area (Å²) in [4.78, 5) is 26.2. The Balaban J connectivity index is 3.53. The van der Waals surface area contributed by atoms with Crippen LogP contribution >= 0.6 is 0 Å². The van der Waals surface area contributed by atoms with Crippen LogP contribution in [0.5, 0.6) is 0 Å². The normalized spacial score (nSPS) is 11.9. The van der Waals surface area contributed by atoms with Gasteiger partial charge in [0.25, 0.3) is 0 Å². The number of hydrogen-bond acceptors (Lipinski definition) is 4. The molecule has 0 heterocycles. The van der Waals surface area contributed by atoms with Gasteiger partial charge in [0.05, 0.1) is 5.69 Å². The third-order valence-electron chi connectivity index (χ3n) is 3.66. The number of amides is 2. The van der Waals surface area contributed by atoms with E-state index in [1.807, 2.05) is 6.92 Å². The smallest absolute Gasteiger partial charge is 0.424 e. The van der Waals surface area contributed by atoms with Crippen molar-refractivity contribution in [1.82, 2.24) is 0 Å². The standard InChI is InChI=1S/C20H30FNO4/c1-10-14-12(2)15(21)11-16(13(14)3)22(17(23)25-19(4,5)6)18(24)26-20(7,8)9/h11H,10H2,1-9H3. The third-order valence-corrected chi connectivity index (χ3v) is 3.66. The van der Waals surface area contributed by atoms with Crippen molar-refractivity contribution in [3.05, 3.63) is 28.6 Å². The molecule has 5 nitrogen and oxygen atoms in total. The van der Waals surface area contributed by atoms with Crippen LogP contribution < -0.4 is 4.90 Å². The van der Waals surface area contributed by atoms with Crippen molar-refractivity contribution >= 4 is 17.9 Å². The Kier molecular flexibility index (Phi) is 6.44. The molecule has 0 unspecified atom stereocenters. The summed E-state index contributed by atoms with van der Waals surface area (Å²) in [7, 11) is 0. The highest BCUT2D eigenvalue weighted by atomic mass is 19.1. The van der Waals surface area contributed by atoms with Gasteiger partial charge in [-0.1, -0.05) is 6.92 Å². The second-order valence-electron chi connectivity index (χ2n) is 8.26. The van der Waals surface area contributed by atoms with Crippen molar-refractivity contribution in [3.8, 4) is 0 Å². The monoisotopic (exact) mass is 367 g/mol. The zero-order valence-electron chi connectivity index (χ0n) is 17.2. The number of imide groups is 1. The Hall–Kier alpha value is -2.11. The molecule has 1 rings (SSSR count). The lowest BCUT2D eigenvalue weighted by Gasteiger charge is -2.30. The molecule has 1 aromatic carbocycles. The van der Waals surface area contributed by atoms with Crippen molar-refractivity contribution in [2.24, 2.45) is 0 Å². The summed E-state index contributed by atoms with van der Waals surface area (Å²) >= 11 is 0. The van der Waals surface area contributed by atoms with E-state index in [2.05, 4.69) is 0 Å². The fraction of sp³-hybridized carbons (Fsp3) is 0.600. The number of halogens is 1. The van der Waals surface area contributed by atoms with Gasteiger partial charge in [-0.2, -0.15) is 4.90 Å². The molecule has 2 amide bonds. The van der Waals surface area contributed by atoms with Gasteiger partial charge in [0.1, 0.15) is 17.0 Å². The molecule has 0 spiro atoms. The van der Waals surface area contributed by atoms with Crippen LogP contribution in [0.25, 0.3) is 0 Å². The van der Waals surface area contributed by atoms with Gasteiger partial charge < -0.3 is 9.47 Å². The van der Waals surface area contributed by atoms with Crippen molar-refractivity contribution in [2.45, 2.75) is 79.9 Å². The van der Waals surface area contributed by atoms with E-state index in [0.717, 1.165) is 10.5 Å². The minimum atomic E-state index is -0.903. The number of carbonyl (C=O) groups is 2. The predicted octanol–water partition coefficient (Wildman–Crippen LogP) is 5.68. The van der Waals surface area contributed by atoms with Gasteiger partial charge in [-0.15, -0.1) is 0 Å². The van der Waals surface area contributed by atoms with Crippen LogP contribution in [0.4, 0.5) is 19.7 Å². The largest absolute Gasteiger partial charge is 0.443 e. The maximum atomic E-state index is 14.4. The van der Waals surface area contributed by atoms with E-state index >= 15 is 0 Å². The molecular weight excluding hydrogens is 337 g/mol. The lowest BCUT2D eigenvalue weighted by molar-refractivity contribution is 0.0430. The first-order chi connectivity index (χ1) is 11.7. The average Bonchev–Trinajstić information content (AvgIpc) is 2.41. The SMILES string of the molecule is CCc1c(C)c(F)cc(N(C(=O)OC(C)(C)C)C(=O)OC(C)(C)C)c1C. The Morgan fingerprint density at radius 1 is 0.962 bits per heavy atom. The van der Waals surface area contributed by atoms with Gasteiger partial charge >= 0.3 is 12.2 Å². The van der Waals surface area contributed by atoms with Crippen LogP contribution in [0.15, 0.2) is 6.07 Å². The van der Waals surface area contributed by atoms with Gasteiger partial charge in [-0.25, -0.2) is 14.0 Å². The van der Waals surface area contributed by atoms with Crippen molar-refractivity contribution in [1.29, 1.82) is 0 Å². The summed E-state index contributed by atoms with van der Waals surface area (Å²) in [5.74, 6) is -0.487. The third kappa shape index (κ3) is 5.44. The zero-order valence-corrected chi connectivity index (χ0v) is 17.2. The average molecular weight is 367 g/mol. The number of nitrogens with zero attached hydrogens (tertiary/aromatic N) is 1. The van der Waals surface area contributed by atoms with E-state index in [1.54, 1.807) is 55.4 Å². The summed E-state index contributed by atoms with van der Waals surface area (Å²) in [6.45, 7) is 15.5. The van der Waals surface area contributed by atoms with Crippen LogP contribution in [-0.2, 0) is 15.9 Å². The Morgan fingerprint density at radius 2 is 1.38 bits per heavy atom. The summed E-state index contributed by atoms with van der Waals surface area (Å²) in [5, 5.41) is 0. The summed E-state index contributed by atoms with van der Waals surface area (Å²) < 4.78 is 25.1. The number of rotatable bonds is 2. The number of hydrogen-bond donors (Lipinski definition) is 0. The van der Waals surface area contributed by atoms with Gasteiger partial charge in [0.15, 0.2) is 0 Å². The molecule has 0 saturated carbocycles. The summed E-state index contributed by atoms with van der Waals surface area (Å²) in [6.07, 6.45) is -1.24. The second-order valence-corrected chi connectivity index (χ2v) is 8.26. The molecule has 0 aliphatic heterocycles. The Labute approximate surface area is 155 Å². The molecule has 0 N–H and O–H groups in total. The Bertz CT molecular complexity index is 671. The van der Waals surface area contributed by atoms with E-state index in [9.17, 15) is 14.0 Å². The highest BCUT2D eigenvalue weighted by Crippen LogP contribution is 2.31. The molecule has 0 aliphatic rings. The molecule has 0 aromatic heterocycles. The lowest BCUT2D eigenvalue weighted by Crippen LogP contribution is -2.44. The van der Waals surface area contributed by atoms with E-state index in [4.69, 9.17) is 9.47 Å². The van der Waals surface area contributed by atoms with E-state index in [1.165, 1.54) is 6.07 Å². The molecule has 6 heteroatoms. The van der Waals surface area contributed by atoms with Crippen molar-refractivity contribution < 1.29 is 23.5 Å². The Morgan fingerprint density at radius 3 is 1.73 bits per heavy atom. The van der Waals surface area contributed by atoms with Gasteiger partial charge in [0, 0.05) is 0 Å². The minimum Gasteiger partial charge on any atom is -0.443 e. The van der Waals surface area contributed by atoms with Crippen molar-refractivity contribution in [3.63, 3.8) is 0 Å². The van der Waals surface area contributed by atoms with Crippen LogP contribution in [0.1, 0.15) is 65.2 Å². The fourth-order valence-electron chi connectivity index (χ4n) is 2.57. The highest BCUT2D eigenvalue weighted by molar-refractivity contribution is 6.10. The number of ether oxygens (including phenoxy) is 2. The van der Waals surface area contributed by atoms with E-state index in [-0.39, 0.29) is 5.69 Å². The maximum Gasteiger partial charge on any atom is 0.424 e. The predicted molar refractivity (Wildman–Crippen MR) is 100 cm³/mol. The second kappa shape index (κ2) is 7.64. The van der Waals surface area contributed by atoms with Crippen LogP contribution in [0.3, 0.4) is 0 Å². The van der Waals surface area contributed by atoms with Gasteiger partial charge in [-0.05, 0) is 84.6 Å². The molecule has 0 saturated heterocycles.